The second-order valence-electron chi connectivity index (χ2n) is 2.96. The van der Waals surface area contributed by atoms with Gasteiger partial charge < -0.3 is 0 Å². The number of allylic oxidation sites excluding steroid dienone is 2. The Hall–Kier alpha value is -1.02. The molecule has 0 spiro atoms. The molecule has 0 atom stereocenters. The highest BCUT2D eigenvalue weighted by Crippen LogP contribution is 2.30. The lowest BCUT2D eigenvalue weighted by molar-refractivity contribution is 1.18. The fourth-order valence-electron chi connectivity index (χ4n) is 1.25. The van der Waals surface area contributed by atoms with Gasteiger partial charge in [-0.25, -0.2) is 0 Å². The predicted molar refractivity (Wildman–Crippen MR) is 58.3 cm³/mol. The van der Waals surface area contributed by atoms with E-state index in [9.17, 15) is 0 Å². The summed E-state index contributed by atoms with van der Waals surface area (Å²) in [6.45, 7) is 2.02. The van der Waals surface area contributed by atoms with Crippen molar-refractivity contribution in [2.75, 3.05) is 0 Å². The van der Waals surface area contributed by atoms with Crippen LogP contribution in [0.1, 0.15) is 17.8 Å². The molecule has 0 N–H and O–H groups in total. The highest BCUT2D eigenvalue weighted by Gasteiger charge is 2.03. The van der Waals surface area contributed by atoms with Gasteiger partial charge in [0.15, 0.2) is 0 Å². The van der Waals surface area contributed by atoms with Crippen molar-refractivity contribution in [1.82, 2.24) is 4.98 Å². The molecule has 13 heavy (non-hydrogen) atoms. The van der Waals surface area contributed by atoms with Gasteiger partial charge in [-0.05, 0) is 30.9 Å². The molecule has 1 aromatic rings. The smallest absolute Gasteiger partial charge is 0.0768 e. The third kappa shape index (κ3) is 2.01. The average Bonchev–Trinajstić information content (AvgIpc) is 2.19. The van der Waals surface area contributed by atoms with E-state index in [-0.39, 0.29) is 0 Å². The average molecular weight is 189 g/mol. The van der Waals surface area contributed by atoms with Crippen molar-refractivity contribution >= 4 is 16.7 Å². The van der Waals surface area contributed by atoms with E-state index in [4.69, 9.17) is 0 Å². The molecule has 1 aliphatic heterocycles. The lowest BCUT2D eigenvalue weighted by atomic mass is 10.2. The number of hydrogen-bond acceptors (Lipinski definition) is 2. The first-order valence-corrected chi connectivity index (χ1v) is 5.20. The Kier molecular flexibility index (Phi) is 2.50. The molecule has 0 saturated heterocycles. The molecular weight excluding hydrogens is 178 g/mol. The van der Waals surface area contributed by atoms with Gasteiger partial charge in [-0.2, -0.15) is 0 Å². The summed E-state index contributed by atoms with van der Waals surface area (Å²) in [4.78, 5) is 5.74. The van der Waals surface area contributed by atoms with Crippen LogP contribution in [0.4, 0.5) is 0 Å². The number of aromatic nitrogens is 1. The lowest BCUT2D eigenvalue weighted by Crippen LogP contribution is -1.89. The van der Waals surface area contributed by atoms with Crippen LogP contribution in [0.15, 0.2) is 35.8 Å². The first-order valence-electron chi connectivity index (χ1n) is 4.32. The Morgan fingerprint density at radius 3 is 3.00 bits per heavy atom. The molecule has 2 rings (SSSR count). The highest BCUT2D eigenvalue weighted by atomic mass is 32.2. The lowest BCUT2D eigenvalue weighted by Gasteiger charge is -2.07. The Morgan fingerprint density at radius 1 is 1.38 bits per heavy atom. The standard InChI is InChI=1S/C11H11NS/c1-9-5-4-6-10(12-9)11-7-2-3-8-13-11/h3-8H,2H2,1H3. The molecule has 0 unspecified atom stereocenters. The topological polar surface area (TPSA) is 12.9 Å². The van der Waals surface area contributed by atoms with Crippen LogP contribution in [0.3, 0.4) is 0 Å². The molecule has 0 aromatic carbocycles. The molecule has 0 saturated carbocycles. The molecule has 1 nitrogen and oxygen atoms in total. The van der Waals surface area contributed by atoms with E-state index in [0.29, 0.717) is 0 Å². The zero-order valence-electron chi connectivity index (χ0n) is 7.53. The third-order valence-electron chi connectivity index (χ3n) is 1.87. The Bertz CT molecular complexity index is 366. The fourth-order valence-corrected chi connectivity index (χ4v) is 2.03. The Labute approximate surface area is 82.6 Å². The Balaban J connectivity index is 2.30. The van der Waals surface area contributed by atoms with Crippen molar-refractivity contribution in [3.05, 3.63) is 47.1 Å². The molecule has 0 aliphatic carbocycles. The van der Waals surface area contributed by atoms with E-state index in [1.807, 2.05) is 13.0 Å². The summed E-state index contributed by atoms with van der Waals surface area (Å²) < 4.78 is 0. The van der Waals surface area contributed by atoms with Crippen LogP contribution in [0.2, 0.25) is 0 Å². The van der Waals surface area contributed by atoms with Crippen LogP contribution >= 0.6 is 11.8 Å². The normalized spacial score (nSPS) is 15.6. The van der Waals surface area contributed by atoms with Crippen molar-refractivity contribution in [1.29, 1.82) is 0 Å². The second kappa shape index (κ2) is 3.79. The summed E-state index contributed by atoms with van der Waals surface area (Å²) >= 11 is 1.74. The summed E-state index contributed by atoms with van der Waals surface area (Å²) in [6, 6.07) is 6.13. The zero-order valence-corrected chi connectivity index (χ0v) is 8.34. The molecule has 0 fully saturated rings. The summed E-state index contributed by atoms with van der Waals surface area (Å²) in [5, 5.41) is 2.12. The third-order valence-corrected chi connectivity index (χ3v) is 2.83. The van der Waals surface area contributed by atoms with Crippen molar-refractivity contribution in [3.8, 4) is 0 Å². The summed E-state index contributed by atoms with van der Waals surface area (Å²) in [5.41, 5.74) is 2.17. The quantitative estimate of drug-likeness (QED) is 0.671. The van der Waals surface area contributed by atoms with Crippen molar-refractivity contribution in [3.63, 3.8) is 0 Å². The van der Waals surface area contributed by atoms with Crippen molar-refractivity contribution in [2.45, 2.75) is 13.3 Å². The maximum absolute atomic E-state index is 4.47. The van der Waals surface area contributed by atoms with Gasteiger partial charge in [0.2, 0.25) is 0 Å². The minimum Gasteiger partial charge on any atom is -0.253 e. The van der Waals surface area contributed by atoms with E-state index in [0.717, 1.165) is 17.8 Å². The molecule has 1 aromatic heterocycles. The van der Waals surface area contributed by atoms with Gasteiger partial charge >= 0.3 is 0 Å². The van der Waals surface area contributed by atoms with Crippen molar-refractivity contribution < 1.29 is 0 Å². The molecule has 2 heterocycles. The van der Waals surface area contributed by atoms with Gasteiger partial charge in [-0.15, -0.1) is 0 Å². The summed E-state index contributed by atoms with van der Waals surface area (Å²) in [6.07, 6.45) is 5.40. The molecule has 0 bridgehead atoms. The molecule has 66 valence electrons. The first kappa shape index (κ1) is 8.57. The van der Waals surface area contributed by atoms with Gasteiger partial charge in [0, 0.05) is 10.6 Å². The number of aryl methyl sites for hydroxylation is 1. The second-order valence-corrected chi connectivity index (χ2v) is 3.91. The van der Waals surface area contributed by atoms with E-state index >= 15 is 0 Å². The van der Waals surface area contributed by atoms with Crippen LogP contribution in [0.5, 0.6) is 0 Å². The van der Waals surface area contributed by atoms with Gasteiger partial charge in [-0.3, -0.25) is 4.98 Å². The molecule has 0 amide bonds. The van der Waals surface area contributed by atoms with Gasteiger partial charge in [0.05, 0.1) is 5.69 Å². The Morgan fingerprint density at radius 2 is 2.31 bits per heavy atom. The van der Waals surface area contributed by atoms with Crippen LogP contribution < -0.4 is 0 Å². The predicted octanol–water partition coefficient (Wildman–Crippen LogP) is 3.38. The fraction of sp³-hybridized carbons (Fsp3) is 0.182. The van der Waals surface area contributed by atoms with E-state index in [1.54, 1.807) is 11.8 Å². The maximum atomic E-state index is 4.47. The molecule has 1 aliphatic rings. The van der Waals surface area contributed by atoms with Gasteiger partial charge in [-0.1, -0.05) is 30.0 Å². The number of hydrogen-bond donors (Lipinski definition) is 0. The SMILES string of the molecule is Cc1cccc(C2=CCC=CS2)n1. The number of pyridine rings is 1. The van der Waals surface area contributed by atoms with Crippen LogP contribution in [0, 0.1) is 6.92 Å². The van der Waals surface area contributed by atoms with E-state index in [1.165, 1.54) is 4.91 Å². The van der Waals surface area contributed by atoms with Gasteiger partial charge in [0.1, 0.15) is 0 Å². The monoisotopic (exact) mass is 189 g/mol. The van der Waals surface area contributed by atoms with Crippen LogP contribution in [0.25, 0.3) is 4.91 Å². The minimum atomic E-state index is 1.03. The van der Waals surface area contributed by atoms with E-state index in [2.05, 4.69) is 34.7 Å². The van der Waals surface area contributed by atoms with Crippen LogP contribution in [-0.4, -0.2) is 4.98 Å². The van der Waals surface area contributed by atoms with Crippen LogP contribution in [-0.2, 0) is 0 Å². The number of nitrogens with zero attached hydrogens (tertiary/aromatic N) is 1. The summed E-state index contributed by atoms with van der Waals surface area (Å²) in [7, 11) is 0. The molecule has 2 heteroatoms. The maximum Gasteiger partial charge on any atom is 0.0768 e. The van der Waals surface area contributed by atoms with Crippen molar-refractivity contribution in [2.24, 2.45) is 0 Å². The molecular formula is C11H11NS. The number of rotatable bonds is 1. The number of thioether (sulfide) groups is 1. The minimum absolute atomic E-state index is 1.03. The highest BCUT2D eigenvalue weighted by molar-refractivity contribution is 8.10. The van der Waals surface area contributed by atoms with Gasteiger partial charge in [0.25, 0.3) is 0 Å². The summed E-state index contributed by atoms with van der Waals surface area (Å²) in [5.74, 6) is 0. The largest absolute Gasteiger partial charge is 0.253 e. The molecule has 0 radical (unpaired) electrons. The first-order chi connectivity index (χ1) is 6.36. The van der Waals surface area contributed by atoms with E-state index < -0.39 is 0 Å². The zero-order chi connectivity index (χ0) is 9.10.